The monoisotopic (exact) mass is 317 g/mol. The molecule has 0 spiro atoms. The average Bonchev–Trinajstić information content (AvgIpc) is 2.41. The summed E-state index contributed by atoms with van der Waals surface area (Å²) in [5.74, 6) is 1.02. The van der Waals surface area contributed by atoms with Gasteiger partial charge >= 0.3 is 0 Å². The molecule has 120 valence electrons. The maximum atomic E-state index is 9.43. The summed E-state index contributed by atoms with van der Waals surface area (Å²) in [4.78, 5) is 0. The van der Waals surface area contributed by atoms with Gasteiger partial charge in [0, 0.05) is 28.7 Å². The first-order valence-electron chi connectivity index (χ1n) is 6.80. The minimum absolute atomic E-state index is 0.0169. The SMILES string of the molecule is COc1cc(Cl)cc(CNC(C)(C)C)c1OCC(O)CO. The zero-order valence-corrected chi connectivity index (χ0v) is 13.7. The van der Waals surface area contributed by atoms with Crippen molar-refractivity contribution in [2.24, 2.45) is 0 Å². The van der Waals surface area contributed by atoms with Crippen molar-refractivity contribution >= 4 is 11.6 Å². The maximum absolute atomic E-state index is 9.43. The Bertz CT molecular complexity index is 460. The lowest BCUT2D eigenvalue weighted by molar-refractivity contribution is 0.0523. The van der Waals surface area contributed by atoms with E-state index in [2.05, 4.69) is 26.1 Å². The van der Waals surface area contributed by atoms with Crippen molar-refractivity contribution in [2.45, 2.75) is 39.0 Å². The van der Waals surface area contributed by atoms with E-state index < -0.39 is 6.10 Å². The standard InChI is InChI=1S/C15H24ClNO4/c1-15(2,3)17-7-10-5-11(16)6-13(20-4)14(10)21-9-12(19)8-18/h5-6,12,17-19H,7-9H2,1-4H3. The van der Waals surface area contributed by atoms with Crippen LogP contribution >= 0.6 is 11.6 Å². The maximum Gasteiger partial charge on any atom is 0.165 e. The molecule has 6 heteroatoms. The van der Waals surface area contributed by atoms with Crippen LogP contribution in [0.5, 0.6) is 11.5 Å². The van der Waals surface area contributed by atoms with E-state index in [1.54, 1.807) is 12.1 Å². The average molecular weight is 318 g/mol. The van der Waals surface area contributed by atoms with Gasteiger partial charge in [-0.2, -0.15) is 0 Å². The second-order valence-electron chi connectivity index (χ2n) is 5.85. The van der Waals surface area contributed by atoms with Crippen molar-refractivity contribution in [3.05, 3.63) is 22.7 Å². The number of hydrogen-bond acceptors (Lipinski definition) is 5. The molecule has 0 aromatic heterocycles. The van der Waals surface area contributed by atoms with Crippen LogP contribution in [-0.4, -0.2) is 42.2 Å². The Morgan fingerprint density at radius 1 is 1.33 bits per heavy atom. The van der Waals surface area contributed by atoms with E-state index in [4.69, 9.17) is 26.2 Å². The Kier molecular flexibility index (Phi) is 6.74. The summed E-state index contributed by atoms with van der Waals surface area (Å²) < 4.78 is 10.9. The lowest BCUT2D eigenvalue weighted by atomic mass is 10.1. The zero-order chi connectivity index (χ0) is 16.0. The normalized spacial score (nSPS) is 13.1. The van der Waals surface area contributed by atoms with E-state index in [0.29, 0.717) is 23.1 Å². The molecule has 1 atom stereocenters. The Morgan fingerprint density at radius 2 is 2.00 bits per heavy atom. The highest BCUT2D eigenvalue weighted by molar-refractivity contribution is 6.30. The van der Waals surface area contributed by atoms with E-state index >= 15 is 0 Å². The molecule has 1 aromatic carbocycles. The smallest absolute Gasteiger partial charge is 0.165 e. The quantitative estimate of drug-likeness (QED) is 0.717. The summed E-state index contributed by atoms with van der Waals surface area (Å²) in [5.41, 5.74) is 0.775. The van der Waals surface area contributed by atoms with E-state index in [1.165, 1.54) is 7.11 Å². The van der Waals surface area contributed by atoms with Gasteiger partial charge in [0.1, 0.15) is 12.7 Å². The molecule has 0 aliphatic heterocycles. The summed E-state index contributed by atoms with van der Waals surface area (Å²) in [7, 11) is 1.53. The van der Waals surface area contributed by atoms with Crippen molar-refractivity contribution in [1.82, 2.24) is 5.32 Å². The number of methoxy groups -OCH3 is 1. The first-order chi connectivity index (χ1) is 9.76. The Morgan fingerprint density at radius 3 is 2.52 bits per heavy atom. The highest BCUT2D eigenvalue weighted by Crippen LogP contribution is 2.35. The second kappa shape index (κ2) is 7.84. The van der Waals surface area contributed by atoms with Crippen LogP contribution in [0.3, 0.4) is 0 Å². The minimum Gasteiger partial charge on any atom is -0.493 e. The number of nitrogens with one attached hydrogen (secondary N) is 1. The molecule has 0 radical (unpaired) electrons. The second-order valence-corrected chi connectivity index (χ2v) is 6.28. The van der Waals surface area contributed by atoms with Crippen LogP contribution in [0.2, 0.25) is 5.02 Å². The molecule has 0 bridgehead atoms. The third-order valence-corrected chi connectivity index (χ3v) is 2.97. The Balaban J connectivity index is 2.99. The highest BCUT2D eigenvalue weighted by atomic mass is 35.5. The van der Waals surface area contributed by atoms with E-state index in [1.807, 2.05) is 0 Å². The van der Waals surface area contributed by atoms with Gasteiger partial charge in [0.05, 0.1) is 13.7 Å². The van der Waals surface area contributed by atoms with Crippen LogP contribution in [-0.2, 0) is 6.54 Å². The topological polar surface area (TPSA) is 71.0 Å². The molecule has 0 heterocycles. The van der Waals surface area contributed by atoms with Gasteiger partial charge in [-0.3, -0.25) is 0 Å². The zero-order valence-electron chi connectivity index (χ0n) is 12.9. The van der Waals surface area contributed by atoms with Crippen LogP contribution in [0, 0.1) is 0 Å². The first-order valence-corrected chi connectivity index (χ1v) is 7.17. The van der Waals surface area contributed by atoms with E-state index in [-0.39, 0.29) is 18.8 Å². The third kappa shape index (κ3) is 6.09. The van der Waals surface area contributed by atoms with E-state index in [9.17, 15) is 5.11 Å². The van der Waals surface area contributed by atoms with Gasteiger partial charge in [-0.05, 0) is 26.8 Å². The summed E-state index contributed by atoms with van der Waals surface area (Å²) in [6.07, 6.45) is -0.936. The molecule has 0 aliphatic carbocycles. The molecule has 0 amide bonds. The summed E-state index contributed by atoms with van der Waals surface area (Å²) in [5, 5.41) is 22.2. The van der Waals surface area contributed by atoms with Crippen molar-refractivity contribution in [3.8, 4) is 11.5 Å². The van der Waals surface area contributed by atoms with E-state index in [0.717, 1.165) is 5.56 Å². The van der Waals surface area contributed by atoms with Crippen LogP contribution in [0.25, 0.3) is 0 Å². The van der Waals surface area contributed by atoms with Gasteiger partial charge in [-0.15, -0.1) is 0 Å². The Labute approximate surface area is 130 Å². The fourth-order valence-electron chi connectivity index (χ4n) is 1.66. The van der Waals surface area contributed by atoms with Crippen LogP contribution < -0.4 is 14.8 Å². The van der Waals surface area contributed by atoms with Crippen molar-refractivity contribution in [3.63, 3.8) is 0 Å². The third-order valence-electron chi connectivity index (χ3n) is 2.76. The van der Waals surface area contributed by atoms with Gasteiger partial charge in [0.2, 0.25) is 0 Å². The summed E-state index contributed by atoms with van der Waals surface area (Å²) in [6, 6.07) is 3.45. The van der Waals surface area contributed by atoms with Crippen LogP contribution in [0.15, 0.2) is 12.1 Å². The van der Waals surface area contributed by atoms with Gasteiger partial charge < -0.3 is 25.0 Å². The number of aliphatic hydroxyl groups excluding tert-OH is 2. The van der Waals surface area contributed by atoms with Crippen molar-refractivity contribution in [1.29, 1.82) is 0 Å². The first kappa shape index (κ1) is 18.0. The minimum atomic E-state index is -0.936. The number of hydrogen-bond donors (Lipinski definition) is 3. The number of rotatable bonds is 7. The summed E-state index contributed by atoms with van der Waals surface area (Å²) >= 11 is 6.09. The fourth-order valence-corrected chi connectivity index (χ4v) is 1.89. The highest BCUT2D eigenvalue weighted by Gasteiger charge is 2.17. The van der Waals surface area contributed by atoms with Gasteiger partial charge in [-0.25, -0.2) is 0 Å². The van der Waals surface area contributed by atoms with Gasteiger partial charge in [0.25, 0.3) is 0 Å². The van der Waals surface area contributed by atoms with Gasteiger partial charge in [0.15, 0.2) is 11.5 Å². The number of benzene rings is 1. The number of ether oxygens (including phenoxy) is 2. The molecule has 0 fully saturated rings. The predicted molar refractivity (Wildman–Crippen MR) is 83.2 cm³/mol. The molecule has 1 aromatic rings. The summed E-state index contributed by atoms with van der Waals surface area (Å²) in [6.45, 7) is 6.36. The predicted octanol–water partition coefficient (Wildman–Crippen LogP) is 1.97. The Hall–Kier alpha value is -1.01. The fraction of sp³-hybridized carbons (Fsp3) is 0.600. The number of halogens is 1. The molecule has 1 unspecified atom stereocenters. The number of aliphatic hydroxyl groups is 2. The van der Waals surface area contributed by atoms with Crippen molar-refractivity contribution < 1.29 is 19.7 Å². The molecular formula is C15H24ClNO4. The molecular weight excluding hydrogens is 294 g/mol. The van der Waals surface area contributed by atoms with Crippen LogP contribution in [0.1, 0.15) is 26.3 Å². The molecule has 3 N–H and O–H groups in total. The van der Waals surface area contributed by atoms with Gasteiger partial charge in [-0.1, -0.05) is 11.6 Å². The molecule has 5 nitrogen and oxygen atoms in total. The molecule has 21 heavy (non-hydrogen) atoms. The van der Waals surface area contributed by atoms with Crippen LogP contribution in [0.4, 0.5) is 0 Å². The molecule has 0 saturated heterocycles. The molecule has 0 aliphatic rings. The molecule has 0 saturated carbocycles. The largest absolute Gasteiger partial charge is 0.493 e. The van der Waals surface area contributed by atoms with Crippen molar-refractivity contribution in [2.75, 3.05) is 20.3 Å². The lowest BCUT2D eigenvalue weighted by Gasteiger charge is -2.23. The molecule has 1 rings (SSSR count). The lowest BCUT2D eigenvalue weighted by Crippen LogP contribution is -2.35.